The third-order valence-corrected chi connectivity index (χ3v) is 2.77. The Morgan fingerprint density at radius 1 is 1.32 bits per heavy atom. The fourth-order valence-electron chi connectivity index (χ4n) is 1.70. The summed E-state index contributed by atoms with van der Waals surface area (Å²) in [5, 5.41) is 11.0. The van der Waals surface area contributed by atoms with Gasteiger partial charge >= 0.3 is 5.97 Å². The Morgan fingerprint density at radius 3 is 2.73 bits per heavy atom. The van der Waals surface area contributed by atoms with Crippen molar-refractivity contribution in [2.24, 2.45) is 0 Å². The monoisotopic (exact) mass is 299 g/mol. The molecule has 1 heterocycles. The summed E-state index contributed by atoms with van der Waals surface area (Å²) in [5.41, 5.74) is 0.0808. The highest BCUT2D eigenvalue weighted by Crippen LogP contribution is 2.13. The van der Waals surface area contributed by atoms with Crippen molar-refractivity contribution in [3.8, 4) is 6.07 Å². The van der Waals surface area contributed by atoms with E-state index in [1.165, 1.54) is 37.6 Å². The zero-order valence-electron chi connectivity index (χ0n) is 11.5. The van der Waals surface area contributed by atoms with Crippen LogP contribution in [0.3, 0.4) is 0 Å². The number of halogens is 1. The summed E-state index contributed by atoms with van der Waals surface area (Å²) in [4.78, 5) is 27.3. The third kappa shape index (κ3) is 3.24. The van der Waals surface area contributed by atoms with Crippen molar-refractivity contribution in [2.75, 3.05) is 12.4 Å². The first-order valence-electron chi connectivity index (χ1n) is 6.10. The van der Waals surface area contributed by atoms with Gasteiger partial charge < -0.3 is 10.1 Å². The Labute approximate surface area is 125 Å². The minimum atomic E-state index is -0.819. The normalized spacial score (nSPS) is 9.68. The van der Waals surface area contributed by atoms with Crippen LogP contribution in [0.25, 0.3) is 0 Å². The maximum Gasteiger partial charge on any atom is 0.338 e. The average Bonchev–Trinajstić information content (AvgIpc) is 2.53. The van der Waals surface area contributed by atoms with Crippen molar-refractivity contribution in [2.45, 2.75) is 0 Å². The van der Waals surface area contributed by atoms with E-state index in [0.29, 0.717) is 0 Å². The number of nitrogens with one attached hydrogen (secondary N) is 1. The first kappa shape index (κ1) is 15.1. The molecule has 0 bridgehead atoms. The van der Waals surface area contributed by atoms with Crippen molar-refractivity contribution in [3.05, 3.63) is 59.0 Å². The third-order valence-electron chi connectivity index (χ3n) is 2.77. The zero-order chi connectivity index (χ0) is 16.1. The number of ether oxygens (including phenoxy) is 1. The van der Waals surface area contributed by atoms with Gasteiger partial charge in [-0.1, -0.05) is 0 Å². The first-order chi connectivity index (χ1) is 10.5. The number of rotatable bonds is 3. The number of nitriles is 1. The van der Waals surface area contributed by atoms with Gasteiger partial charge in [0.2, 0.25) is 0 Å². The van der Waals surface area contributed by atoms with E-state index in [9.17, 15) is 14.0 Å². The smallest absolute Gasteiger partial charge is 0.338 e. The van der Waals surface area contributed by atoms with E-state index >= 15 is 0 Å². The van der Waals surface area contributed by atoms with Gasteiger partial charge in [-0.2, -0.15) is 5.26 Å². The van der Waals surface area contributed by atoms with Crippen LogP contribution in [-0.2, 0) is 4.74 Å². The van der Waals surface area contributed by atoms with E-state index in [4.69, 9.17) is 5.26 Å². The summed E-state index contributed by atoms with van der Waals surface area (Å²) >= 11 is 0. The van der Waals surface area contributed by atoms with Gasteiger partial charge in [-0.15, -0.1) is 0 Å². The van der Waals surface area contributed by atoms with Gasteiger partial charge in [0, 0.05) is 6.20 Å². The maximum atomic E-state index is 13.7. The van der Waals surface area contributed by atoms with Gasteiger partial charge in [0.15, 0.2) is 0 Å². The predicted octanol–water partition coefficient (Wildman–Crippen LogP) is 2.13. The molecule has 0 saturated carbocycles. The van der Waals surface area contributed by atoms with E-state index in [2.05, 4.69) is 15.0 Å². The first-order valence-corrected chi connectivity index (χ1v) is 6.10. The summed E-state index contributed by atoms with van der Waals surface area (Å²) in [7, 11) is 1.23. The lowest BCUT2D eigenvalue weighted by Gasteiger charge is -2.06. The van der Waals surface area contributed by atoms with E-state index in [-0.39, 0.29) is 22.5 Å². The second-order valence-corrected chi connectivity index (χ2v) is 4.18. The molecule has 1 N–H and O–H groups in total. The molecule has 0 aliphatic rings. The largest absolute Gasteiger partial charge is 0.465 e. The molecular formula is C15H10FN3O3. The molecule has 2 rings (SSSR count). The second kappa shape index (κ2) is 6.45. The number of carbonyl (C=O) groups is 2. The van der Waals surface area contributed by atoms with Crippen molar-refractivity contribution in [3.63, 3.8) is 0 Å². The van der Waals surface area contributed by atoms with E-state index in [1.54, 1.807) is 6.07 Å². The summed E-state index contributed by atoms with van der Waals surface area (Å²) < 4.78 is 18.3. The molecule has 1 aromatic carbocycles. The fourth-order valence-corrected chi connectivity index (χ4v) is 1.70. The lowest BCUT2D eigenvalue weighted by Crippen LogP contribution is -2.15. The summed E-state index contributed by atoms with van der Waals surface area (Å²) in [6.07, 6.45) is 1.32. The minimum absolute atomic E-state index is 0.0802. The SMILES string of the molecule is COC(=O)c1ccnc(NC(=O)c2ccc(C#N)cc2F)c1. The molecule has 7 heteroatoms. The van der Waals surface area contributed by atoms with E-state index < -0.39 is 17.7 Å². The fraction of sp³-hybridized carbons (Fsp3) is 0.0667. The molecule has 1 aromatic heterocycles. The number of hydrogen-bond acceptors (Lipinski definition) is 5. The Hall–Kier alpha value is -3.27. The number of esters is 1. The topological polar surface area (TPSA) is 92.1 Å². The van der Waals surface area contributed by atoms with Crippen LogP contribution in [0.5, 0.6) is 0 Å². The molecule has 0 radical (unpaired) electrons. The molecule has 110 valence electrons. The van der Waals surface area contributed by atoms with Gasteiger partial charge in [-0.25, -0.2) is 14.2 Å². The van der Waals surface area contributed by atoms with Crippen LogP contribution in [0.15, 0.2) is 36.5 Å². The standard InChI is InChI=1S/C15H10FN3O3/c1-22-15(21)10-4-5-18-13(7-10)19-14(20)11-3-2-9(8-17)6-12(11)16/h2-7H,1H3,(H,18,19,20). The van der Waals surface area contributed by atoms with Gasteiger partial charge in [-0.3, -0.25) is 4.79 Å². The Balaban J connectivity index is 2.22. The van der Waals surface area contributed by atoms with Crippen molar-refractivity contribution in [1.29, 1.82) is 5.26 Å². The Kier molecular flexibility index (Phi) is 4.44. The number of amides is 1. The van der Waals surface area contributed by atoms with Crippen molar-refractivity contribution < 1.29 is 18.7 Å². The number of aromatic nitrogens is 1. The molecule has 22 heavy (non-hydrogen) atoms. The number of hydrogen-bond donors (Lipinski definition) is 1. The van der Waals surface area contributed by atoms with Crippen LogP contribution in [0.1, 0.15) is 26.3 Å². The summed E-state index contributed by atoms with van der Waals surface area (Å²) in [6.45, 7) is 0. The van der Waals surface area contributed by atoms with Crippen LogP contribution in [0.2, 0.25) is 0 Å². The lowest BCUT2D eigenvalue weighted by molar-refractivity contribution is 0.0600. The van der Waals surface area contributed by atoms with E-state index in [0.717, 1.165) is 6.07 Å². The Bertz CT molecular complexity index is 784. The molecule has 0 saturated heterocycles. The van der Waals surface area contributed by atoms with Crippen molar-refractivity contribution >= 4 is 17.7 Å². The quantitative estimate of drug-likeness (QED) is 0.876. The molecule has 0 spiro atoms. The van der Waals surface area contributed by atoms with Gasteiger partial charge in [0.05, 0.1) is 29.9 Å². The maximum absolute atomic E-state index is 13.7. The number of nitrogens with zero attached hydrogens (tertiary/aromatic N) is 2. The minimum Gasteiger partial charge on any atom is -0.465 e. The van der Waals surface area contributed by atoms with Crippen LogP contribution < -0.4 is 5.32 Å². The highest BCUT2D eigenvalue weighted by atomic mass is 19.1. The molecule has 0 aliphatic heterocycles. The number of methoxy groups -OCH3 is 1. The number of carbonyl (C=O) groups excluding carboxylic acids is 2. The zero-order valence-corrected chi connectivity index (χ0v) is 11.5. The average molecular weight is 299 g/mol. The Morgan fingerprint density at radius 2 is 2.09 bits per heavy atom. The highest BCUT2D eigenvalue weighted by Gasteiger charge is 2.14. The molecule has 1 amide bonds. The van der Waals surface area contributed by atoms with Gasteiger partial charge in [-0.05, 0) is 30.3 Å². The molecule has 0 atom stereocenters. The van der Waals surface area contributed by atoms with Crippen LogP contribution in [0.4, 0.5) is 10.2 Å². The van der Waals surface area contributed by atoms with Crippen LogP contribution in [0, 0.1) is 17.1 Å². The van der Waals surface area contributed by atoms with Crippen LogP contribution >= 0.6 is 0 Å². The number of anilines is 1. The summed E-state index contributed by atoms with van der Waals surface area (Å²) in [5.74, 6) is -2.06. The van der Waals surface area contributed by atoms with Crippen LogP contribution in [-0.4, -0.2) is 24.0 Å². The molecule has 0 aliphatic carbocycles. The molecule has 0 fully saturated rings. The number of pyridine rings is 1. The molecule has 2 aromatic rings. The molecule has 0 unspecified atom stereocenters. The van der Waals surface area contributed by atoms with E-state index in [1.807, 2.05) is 0 Å². The molecular weight excluding hydrogens is 289 g/mol. The lowest BCUT2D eigenvalue weighted by atomic mass is 10.1. The van der Waals surface area contributed by atoms with Crippen molar-refractivity contribution in [1.82, 2.24) is 4.98 Å². The molecule has 6 nitrogen and oxygen atoms in total. The number of benzene rings is 1. The van der Waals surface area contributed by atoms with Gasteiger partial charge in [0.25, 0.3) is 5.91 Å². The predicted molar refractivity (Wildman–Crippen MR) is 74.6 cm³/mol. The van der Waals surface area contributed by atoms with Gasteiger partial charge in [0.1, 0.15) is 11.6 Å². The second-order valence-electron chi connectivity index (χ2n) is 4.18. The summed E-state index contributed by atoms with van der Waals surface area (Å²) in [6, 6.07) is 8.00. The highest BCUT2D eigenvalue weighted by molar-refractivity contribution is 6.04.